The molecule has 100 valence electrons. The minimum absolute atomic E-state index is 0.145. The average Bonchev–Trinajstić information content (AvgIpc) is 2.38. The molecule has 2 rings (SSSR count). The number of hydrogen-bond acceptors (Lipinski definition) is 4. The van der Waals surface area contributed by atoms with E-state index in [1.54, 1.807) is 24.5 Å². The van der Waals surface area contributed by atoms with E-state index >= 15 is 0 Å². The van der Waals surface area contributed by atoms with Crippen LogP contribution in [0.5, 0.6) is 0 Å². The summed E-state index contributed by atoms with van der Waals surface area (Å²) < 4.78 is 38.0. The molecule has 0 saturated carbocycles. The molecule has 2 heterocycles. The SMILES string of the molecule is CNc1cc(Cc2ccncc2)nc(C(F)(F)F)n1. The second-order valence-corrected chi connectivity index (χ2v) is 3.85. The molecule has 0 fully saturated rings. The summed E-state index contributed by atoms with van der Waals surface area (Å²) in [6.07, 6.45) is -1.09. The van der Waals surface area contributed by atoms with Gasteiger partial charge in [0.15, 0.2) is 0 Å². The summed E-state index contributed by atoms with van der Waals surface area (Å²) in [6.45, 7) is 0. The quantitative estimate of drug-likeness (QED) is 0.929. The van der Waals surface area contributed by atoms with Crippen molar-refractivity contribution in [2.45, 2.75) is 12.6 Å². The summed E-state index contributed by atoms with van der Waals surface area (Å²) in [5.74, 6) is -0.991. The van der Waals surface area contributed by atoms with E-state index < -0.39 is 12.0 Å². The topological polar surface area (TPSA) is 50.7 Å². The molecule has 0 aromatic carbocycles. The first-order valence-electron chi connectivity index (χ1n) is 5.51. The first-order valence-corrected chi connectivity index (χ1v) is 5.51. The lowest BCUT2D eigenvalue weighted by atomic mass is 10.1. The summed E-state index contributed by atoms with van der Waals surface area (Å²) >= 11 is 0. The lowest BCUT2D eigenvalue weighted by molar-refractivity contribution is -0.145. The standard InChI is InChI=1S/C12H11F3N4/c1-16-10-7-9(6-8-2-4-17-5-3-8)18-11(19-10)12(13,14)15/h2-5,7H,6H2,1H3,(H,16,18,19). The Morgan fingerprint density at radius 3 is 2.42 bits per heavy atom. The number of halogens is 3. The van der Waals surface area contributed by atoms with Gasteiger partial charge in [-0.15, -0.1) is 0 Å². The third-order valence-corrected chi connectivity index (χ3v) is 2.42. The molecule has 1 N–H and O–H groups in total. The van der Waals surface area contributed by atoms with Crippen LogP contribution in [0.3, 0.4) is 0 Å². The molecular formula is C12H11F3N4. The van der Waals surface area contributed by atoms with Gasteiger partial charge in [-0.25, -0.2) is 9.97 Å². The van der Waals surface area contributed by atoms with Crippen molar-refractivity contribution in [3.63, 3.8) is 0 Å². The monoisotopic (exact) mass is 268 g/mol. The van der Waals surface area contributed by atoms with Gasteiger partial charge in [0, 0.05) is 31.9 Å². The van der Waals surface area contributed by atoms with Crippen molar-refractivity contribution in [2.24, 2.45) is 0 Å². The van der Waals surface area contributed by atoms with Crippen LogP contribution in [-0.2, 0) is 12.6 Å². The van der Waals surface area contributed by atoms with E-state index in [1.807, 2.05) is 0 Å². The summed E-state index contributed by atoms with van der Waals surface area (Å²) in [6, 6.07) is 4.96. The molecule has 0 aliphatic heterocycles. The van der Waals surface area contributed by atoms with Crippen molar-refractivity contribution in [3.8, 4) is 0 Å². The lowest BCUT2D eigenvalue weighted by Crippen LogP contribution is -2.14. The van der Waals surface area contributed by atoms with Crippen molar-refractivity contribution >= 4 is 5.82 Å². The van der Waals surface area contributed by atoms with E-state index in [1.165, 1.54) is 13.1 Å². The van der Waals surface area contributed by atoms with Crippen LogP contribution in [0.2, 0.25) is 0 Å². The Labute approximate surface area is 107 Å². The van der Waals surface area contributed by atoms with Crippen molar-refractivity contribution in [1.82, 2.24) is 15.0 Å². The summed E-state index contributed by atoms with van der Waals surface area (Å²) in [5.41, 5.74) is 1.14. The highest BCUT2D eigenvalue weighted by Gasteiger charge is 2.35. The van der Waals surface area contributed by atoms with Gasteiger partial charge in [-0.1, -0.05) is 0 Å². The maximum absolute atomic E-state index is 12.7. The Morgan fingerprint density at radius 1 is 1.16 bits per heavy atom. The first kappa shape index (κ1) is 13.3. The average molecular weight is 268 g/mol. The number of pyridine rings is 1. The minimum atomic E-state index is -4.56. The van der Waals surface area contributed by atoms with Gasteiger partial charge >= 0.3 is 6.18 Å². The van der Waals surface area contributed by atoms with Gasteiger partial charge in [-0.05, 0) is 17.7 Å². The van der Waals surface area contributed by atoms with Gasteiger partial charge in [-0.2, -0.15) is 13.2 Å². The molecule has 0 amide bonds. The van der Waals surface area contributed by atoms with Crippen LogP contribution in [0.1, 0.15) is 17.1 Å². The van der Waals surface area contributed by atoms with Gasteiger partial charge in [0.05, 0.1) is 5.69 Å². The van der Waals surface area contributed by atoms with E-state index in [2.05, 4.69) is 20.3 Å². The second kappa shape index (κ2) is 5.21. The zero-order chi connectivity index (χ0) is 13.9. The van der Waals surface area contributed by atoms with E-state index in [-0.39, 0.29) is 5.82 Å². The van der Waals surface area contributed by atoms with Gasteiger partial charge in [-0.3, -0.25) is 4.98 Å². The van der Waals surface area contributed by atoms with Gasteiger partial charge in [0.25, 0.3) is 0 Å². The van der Waals surface area contributed by atoms with Crippen LogP contribution in [0.15, 0.2) is 30.6 Å². The van der Waals surface area contributed by atoms with Gasteiger partial charge < -0.3 is 5.32 Å². The molecule has 0 bridgehead atoms. The Morgan fingerprint density at radius 2 is 1.84 bits per heavy atom. The predicted molar refractivity (Wildman–Crippen MR) is 63.6 cm³/mol. The lowest BCUT2D eigenvalue weighted by Gasteiger charge is -2.10. The van der Waals surface area contributed by atoms with Crippen LogP contribution in [0.4, 0.5) is 19.0 Å². The molecule has 0 saturated heterocycles. The molecular weight excluding hydrogens is 257 g/mol. The number of anilines is 1. The van der Waals surface area contributed by atoms with E-state index in [0.717, 1.165) is 5.56 Å². The summed E-state index contributed by atoms with van der Waals surface area (Å²) in [7, 11) is 1.51. The van der Waals surface area contributed by atoms with E-state index in [9.17, 15) is 13.2 Å². The minimum Gasteiger partial charge on any atom is -0.373 e. The molecule has 0 aliphatic rings. The summed E-state index contributed by atoms with van der Waals surface area (Å²) in [5, 5.41) is 2.60. The van der Waals surface area contributed by atoms with Crippen LogP contribution in [0, 0.1) is 0 Å². The molecule has 7 heteroatoms. The Balaban J connectivity index is 2.35. The molecule has 0 unspecified atom stereocenters. The van der Waals surface area contributed by atoms with Crippen LogP contribution < -0.4 is 5.32 Å². The molecule has 19 heavy (non-hydrogen) atoms. The highest BCUT2D eigenvalue weighted by atomic mass is 19.4. The zero-order valence-electron chi connectivity index (χ0n) is 10.1. The van der Waals surface area contributed by atoms with Crippen LogP contribution >= 0.6 is 0 Å². The fourth-order valence-corrected chi connectivity index (χ4v) is 1.55. The van der Waals surface area contributed by atoms with Crippen molar-refractivity contribution < 1.29 is 13.2 Å². The fraction of sp³-hybridized carbons (Fsp3) is 0.250. The molecule has 0 radical (unpaired) electrons. The molecule has 4 nitrogen and oxygen atoms in total. The Bertz CT molecular complexity index is 555. The third kappa shape index (κ3) is 3.40. The predicted octanol–water partition coefficient (Wildman–Crippen LogP) is 2.52. The molecule has 0 atom stereocenters. The second-order valence-electron chi connectivity index (χ2n) is 3.85. The molecule has 2 aromatic rings. The number of alkyl halides is 3. The van der Waals surface area contributed by atoms with E-state index in [4.69, 9.17) is 0 Å². The van der Waals surface area contributed by atoms with Gasteiger partial charge in [0.2, 0.25) is 5.82 Å². The van der Waals surface area contributed by atoms with Gasteiger partial charge in [0.1, 0.15) is 5.82 Å². The number of nitrogens with zero attached hydrogens (tertiary/aromatic N) is 3. The maximum Gasteiger partial charge on any atom is 0.451 e. The molecule has 2 aromatic heterocycles. The van der Waals surface area contributed by atoms with Crippen molar-refractivity contribution in [1.29, 1.82) is 0 Å². The highest BCUT2D eigenvalue weighted by molar-refractivity contribution is 5.37. The fourth-order valence-electron chi connectivity index (χ4n) is 1.55. The smallest absolute Gasteiger partial charge is 0.373 e. The molecule has 0 aliphatic carbocycles. The third-order valence-electron chi connectivity index (χ3n) is 2.42. The van der Waals surface area contributed by atoms with Crippen molar-refractivity contribution in [3.05, 3.63) is 47.7 Å². The molecule has 0 spiro atoms. The number of aromatic nitrogens is 3. The highest BCUT2D eigenvalue weighted by Crippen LogP contribution is 2.27. The van der Waals surface area contributed by atoms with Crippen LogP contribution in [-0.4, -0.2) is 22.0 Å². The normalized spacial score (nSPS) is 11.4. The zero-order valence-corrected chi connectivity index (χ0v) is 10.1. The Kier molecular flexibility index (Phi) is 3.64. The first-order chi connectivity index (χ1) is 8.99. The Hall–Kier alpha value is -2.18. The number of hydrogen-bond donors (Lipinski definition) is 1. The summed E-state index contributed by atoms with van der Waals surface area (Å²) in [4.78, 5) is 10.8. The largest absolute Gasteiger partial charge is 0.451 e. The van der Waals surface area contributed by atoms with Crippen LogP contribution in [0.25, 0.3) is 0 Å². The number of nitrogens with one attached hydrogen (secondary N) is 1. The van der Waals surface area contributed by atoms with E-state index in [0.29, 0.717) is 12.1 Å². The number of rotatable bonds is 3. The maximum atomic E-state index is 12.7. The van der Waals surface area contributed by atoms with Crippen molar-refractivity contribution in [2.75, 3.05) is 12.4 Å².